The Balaban J connectivity index is 2.64. The van der Waals surface area contributed by atoms with E-state index in [1.165, 1.54) is 0 Å². The monoisotopic (exact) mass is 237 g/mol. The van der Waals surface area contributed by atoms with E-state index in [9.17, 15) is 4.79 Å². The van der Waals surface area contributed by atoms with Gasteiger partial charge in [-0.05, 0) is 19.3 Å². The first-order valence-corrected chi connectivity index (χ1v) is 6.35. The van der Waals surface area contributed by atoms with Crippen LogP contribution in [0.4, 0.5) is 0 Å². The van der Waals surface area contributed by atoms with Crippen LogP contribution >= 0.6 is 0 Å². The Morgan fingerprint density at radius 2 is 2.18 bits per heavy atom. The van der Waals surface area contributed by atoms with E-state index in [0.29, 0.717) is 5.92 Å². The zero-order chi connectivity index (χ0) is 12.8. The molecular formula is C13H23N3O. The number of rotatable bonds is 6. The molecule has 1 atom stereocenters. The third-order valence-electron chi connectivity index (χ3n) is 2.70. The molecule has 0 aliphatic carbocycles. The lowest BCUT2D eigenvalue weighted by Crippen LogP contribution is -2.33. The first kappa shape index (κ1) is 13.7. The van der Waals surface area contributed by atoms with Crippen molar-refractivity contribution in [3.63, 3.8) is 0 Å². The SMILES string of the molecule is CCCc1nccn1C(C)C(=O)NCC(C)C. The molecule has 0 spiro atoms. The first-order valence-electron chi connectivity index (χ1n) is 6.35. The summed E-state index contributed by atoms with van der Waals surface area (Å²) in [6, 6.07) is -0.183. The molecule has 0 bridgehead atoms. The fourth-order valence-electron chi connectivity index (χ4n) is 1.69. The van der Waals surface area contributed by atoms with Crippen LogP contribution in [0.1, 0.15) is 46.0 Å². The molecular weight excluding hydrogens is 214 g/mol. The zero-order valence-electron chi connectivity index (χ0n) is 11.2. The van der Waals surface area contributed by atoms with Crippen LogP contribution in [0.2, 0.25) is 0 Å². The van der Waals surface area contributed by atoms with Crippen molar-refractivity contribution in [2.45, 2.75) is 46.6 Å². The van der Waals surface area contributed by atoms with Gasteiger partial charge < -0.3 is 9.88 Å². The van der Waals surface area contributed by atoms with Crippen LogP contribution in [-0.4, -0.2) is 22.0 Å². The summed E-state index contributed by atoms with van der Waals surface area (Å²) in [7, 11) is 0. The first-order chi connectivity index (χ1) is 8.06. The van der Waals surface area contributed by atoms with Crippen LogP contribution in [0.25, 0.3) is 0 Å². The van der Waals surface area contributed by atoms with E-state index < -0.39 is 0 Å². The molecule has 0 saturated carbocycles. The average Bonchev–Trinajstić information content (AvgIpc) is 2.73. The summed E-state index contributed by atoms with van der Waals surface area (Å²) < 4.78 is 1.96. The lowest BCUT2D eigenvalue weighted by atomic mass is 10.2. The normalized spacial score (nSPS) is 12.8. The minimum absolute atomic E-state index is 0.0639. The fraction of sp³-hybridized carbons (Fsp3) is 0.692. The van der Waals surface area contributed by atoms with Gasteiger partial charge in [-0.15, -0.1) is 0 Å². The van der Waals surface area contributed by atoms with Crippen molar-refractivity contribution in [1.29, 1.82) is 0 Å². The Bertz CT molecular complexity index is 357. The maximum absolute atomic E-state index is 11.9. The van der Waals surface area contributed by atoms with Crippen LogP contribution in [0.3, 0.4) is 0 Å². The molecule has 0 fully saturated rings. The number of aryl methyl sites for hydroxylation is 1. The number of aromatic nitrogens is 2. The number of nitrogens with one attached hydrogen (secondary N) is 1. The van der Waals surface area contributed by atoms with Gasteiger partial charge >= 0.3 is 0 Å². The minimum Gasteiger partial charge on any atom is -0.354 e. The van der Waals surface area contributed by atoms with E-state index in [1.807, 2.05) is 17.7 Å². The third kappa shape index (κ3) is 3.88. The maximum Gasteiger partial charge on any atom is 0.242 e. The smallest absolute Gasteiger partial charge is 0.242 e. The predicted molar refractivity (Wildman–Crippen MR) is 68.8 cm³/mol. The summed E-state index contributed by atoms with van der Waals surface area (Å²) in [4.78, 5) is 16.2. The Kier molecular flexibility index (Phi) is 5.19. The number of carbonyl (C=O) groups is 1. The number of hydrogen-bond donors (Lipinski definition) is 1. The Morgan fingerprint density at radius 1 is 1.47 bits per heavy atom. The minimum atomic E-state index is -0.183. The van der Waals surface area contributed by atoms with Crippen LogP contribution in [0.15, 0.2) is 12.4 Å². The Morgan fingerprint density at radius 3 is 2.76 bits per heavy atom. The molecule has 17 heavy (non-hydrogen) atoms. The average molecular weight is 237 g/mol. The molecule has 1 aromatic rings. The van der Waals surface area contributed by atoms with Crippen molar-refractivity contribution < 1.29 is 4.79 Å². The molecule has 1 heterocycles. The standard InChI is InChI=1S/C13H23N3O/c1-5-6-12-14-7-8-16(12)11(4)13(17)15-9-10(2)3/h7-8,10-11H,5-6,9H2,1-4H3,(H,15,17). The van der Waals surface area contributed by atoms with Gasteiger partial charge in [0.25, 0.3) is 0 Å². The maximum atomic E-state index is 11.9. The van der Waals surface area contributed by atoms with Crippen molar-refractivity contribution in [3.05, 3.63) is 18.2 Å². The van der Waals surface area contributed by atoms with E-state index in [1.54, 1.807) is 6.20 Å². The van der Waals surface area contributed by atoms with Crippen LogP contribution in [-0.2, 0) is 11.2 Å². The van der Waals surface area contributed by atoms with Gasteiger partial charge in [0.05, 0.1) is 0 Å². The van der Waals surface area contributed by atoms with Crippen LogP contribution < -0.4 is 5.32 Å². The second-order valence-corrected chi connectivity index (χ2v) is 4.82. The number of carbonyl (C=O) groups excluding carboxylic acids is 1. The van der Waals surface area contributed by atoms with Gasteiger partial charge in [0.2, 0.25) is 5.91 Å². The number of imidazole rings is 1. The molecule has 1 rings (SSSR count). The molecule has 0 saturated heterocycles. The van der Waals surface area contributed by atoms with E-state index in [4.69, 9.17) is 0 Å². The summed E-state index contributed by atoms with van der Waals surface area (Å²) >= 11 is 0. The molecule has 4 nitrogen and oxygen atoms in total. The van der Waals surface area contributed by atoms with Crippen molar-refractivity contribution in [3.8, 4) is 0 Å². The van der Waals surface area contributed by atoms with Crippen molar-refractivity contribution in [1.82, 2.24) is 14.9 Å². The Hall–Kier alpha value is -1.32. The van der Waals surface area contributed by atoms with E-state index in [2.05, 4.69) is 31.1 Å². The molecule has 4 heteroatoms. The van der Waals surface area contributed by atoms with Crippen molar-refractivity contribution in [2.24, 2.45) is 5.92 Å². The fourth-order valence-corrected chi connectivity index (χ4v) is 1.69. The second kappa shape index (κ2) is 6.42. The van der Waals surface area contributed by atoms with Gasteiger partial charge in [-0.3, -0.25) is 4.79 Å². The second-order valence-electron chi connectivity index (χ2n) is 4.82. The molecule has 0 radical (unpaired) electrons. The number of hydrogen-bond acceptors (Lipinski definition) is 2. The summed E-state index contributed by atoms with van der Waals surface area (Å²) in [6.45, 7) is 8.93. The highest BCUT2D eigenvalue weighted by molar-refractivity contribution is 5.79. The number of nitrogens with zero attached hydrogens (tertiary/aromatic N) is 2. The van der Waals surface area contributed by atoms with Gasteiger partial charge in [0.1, 0.15) is 11.9 Å². The molecule has 0 aliphatic rings. The predicted octanol–water partition coefficient (Wildman–Crippen LogP) is 2.17. The molecule has 1 N–H and O–H groups in total. The highest BCUT2D eigenvalue weighted by Crippen LogP contribution is 2.11. The van der Waals surface area contributed by atoms with E-state index in [0.717, 1.165) is 25.2 Å². The zero-order valence-corrected chi connectivity index (χ0v) is 11.2. The topological polar surface area (TPSA) is 46.9 Å². The molecule has 0 aliphatic heterocycles. The highest BCUT2D eigenvalue weighted by Gasteiger charge is 2.17. The van der Waals surface area contributed by atoms with Gasteiger partial charge in [0.15, 0.2) is 0 Å². The molecule has 1 amide bonds. The molecule has 0 aromatic carbocycles. The summed E-state index contributed by atoms with van der Waals surface area (Å²) in [5.41, 5.74) is 0. The van der Waals surface area contributed by atoms with Gasteiger partial charge in [-0.25, -0.2) is 4.98 Å². The quantitative estimate of drug-likeness (QED) is 0.824. The van der Waals surface area contributed by atoms with Gasteiger partial charge in [-0.2, -0.15) is 0 Å². The third-order valence-corrected chi connectivity index (χ3v) is 2.70. The van der Waals surface area contributed by atoms with E-state index >= 15 is 0 Å². The number of amides is 1. The van der Waals surface area contributed by atoms with Crippen molar-refractivity contribution in [2.75, 3.05) is 6.54 Å². The molecule has 96 valence electrons. The van der Waals surface area contributed by atoms with Gasteiger partial charge in [0, 0.05) is 25.4 Å². The lowest BCUT2D eigenvalue weighted by Gasteiger charge is -2.17. The summed E-state index contributed by atoms with van der Waals surface area (Å²) in [5, 5.41) is 2.95. The molecule has 1 unspecified atom stereocenters. The Labute approximate surface area is 103 Å². The van der Waals surface area contributed by atoms with E-state index in [-0.39, 0.29) is 11.9 Å². The summed E-state index contributed by atoms with van der Waals surface area (Å²) in [6.07, 6.45) is 5.59. The highest BCUT2D eigenvalue weighted by atomic mass is 16.2. The largest absolute Gasteiger partial charge is 0.354 e. The van der Waals surface area contributed by atoms with Crippen molar-refractivity contribution >= 4 is 5.91 Å². The van der Waals surface area contributed by atoms with Crippen LogP contribution in [0, 0.1) is 5.92 Å². The lowest BCUT2D eigenvalue weighted by molar-refractivity contribution is -0.124. The van der Waals surface area contributed by atoms with Gasteiger partial charge in [-0.1, -0.05) is 20.8 Å². The molecule has 1 aromatic heterocycles. The summed E-state index contributed by atoms with van der Waals surface area (Å²) in [5.74, 6) is 1.53. The van der Waals surface area contributed by atoms with Crippen LogP contribution in [0.5, 0.6) is 0 Å².